The largest absolute Gasteiger partial charge is 0.390 e. The van der Waals surface area contributed by atoms with Gasteiger partial charge in [-0.2, -0.15) is 0 Å². The van der Waals surface area contributed by atoms with Crippen molar-refractivity contribution in [2.24, 2.45) is 7.05 Å². The van der Waals surface area contributed by atoms with Crippen LogP contribution in [0.5, 0.6) is 0 Å². The van der Waals surface area contributed by atoms with Crippen LogP contribution in [0.25, 0.3) is 0 Å². The van der Waals surface area contributed by atoms with Crippen molar-refractivity contribution >= 4 is 21.4 Å². The molecule has 0 radical (unpaired) electrons. The molecule has 0 saturated heterocycles. The molecule has 0 bridgehead atoms. The van der Waals surface area contributed by atoms with Crippen molar-refractivity contribution in [3.8, 4) is 0 Å². The van der Waals surface area contributed by atoms with E-state index in [0.29, 0.717) is 16.3 Å². The molecule has 0 saturated carbocycles. The Morgan fingerprint density at radius 2 is 2.16 bits per heavy atom. The van der Waals surface area contributed by atoms with E-state index in [1.807, 2.05) is 0 Å². The molecule has 0 aliphatic carbocycles. The van der Waals surface area contributed by atoms with Crippen LogP contribution in [0.15, 0.2) is 35.6 Å². The van der Waals surface area contributed by atoms with Crippen LogP contribution in [0.4, 0.5) is 0 Å². The standard InChI is InChI=1S/C12H13ClN2O3S/c1-15-11(7-16)6-14-12(15)19(17,18)8-9-3-2-4-10(13)5-9/h2-6,16H,7-8H2,1H3. The molecular formula is C12H13ClN2O3S. The third-order valence-corrected chi connectivity index (χ3v) is 4.61. The first-order chi connectivity index (χ1) is 8.94. The van der Waals surface area contributed by atoms with Crippen LogP contribution in [0.3, 0.4) is 0 Å². The molecule has 2 aromatic rings. The molecule has 0 fully saturated rings. The van der Waals surface area contributed by atoms with Crippen molar-refractivity contribution in [2.45, 2.75) is 17.5 Å². The van der Waals surface area contributed by atoms with Crippen LogP contribution >= 0.6 is 11.6 Å². The molecule has 0 spiro atoms. The van der Waals surface area contributed by atoms with Gasteiger partial charge >= 0.3 is 0 Å². The summed E-state index contributed by atoms with van der Waals surface area (Å²) in [4.78, 5) is 3.86. The van der Waals surface area contributed by atoms with Gasteiger partial charge in [0, 0.05) is 12.1 Å². The lowest BCUT2D eigenvalue weighted by Gasteiger charge is -2.06. The summed E-state index contributed by atoms with van der Waals surface area (Å²) in [6.07, 6.45) is 1.35. The zero-order valence-corrected chi connectivity index (χ0v) is 11.8. The van der Waals surface area contributed by atoms with Crippen molar-refractivity contribution in [3.05, 3.63) is 46.7 Å². The lowest BCUT2D eigenvalue weighted by molar-refractivity contribution is 0.271. The first-order valence-electron chi connectivity index (χ1n) is 5.52. The fourth-order valence-electron chi connectivity index (χ4n) is 1.77. The molecule has 102 valence electrons. The maximum Gasteiger partial charge on any atom is 0.227 e. The van der Waals surface area contributed by atoms with Gasteiger partial charge < -0.3 is 9.67 Å². The SMILES string of the molecule is Cn1c(CO)cnc1S(=O)(=O)Cc1cccc(Cl)c1. The predicted octanol–water partition coefficient (Wildman–Crippen LogP) is 1.54. The Morgan fingerprint density at radius 1 is 1.42 bits per heavy atom. The highest BCUT2D eigenvalue weighted by Crippen LogP contribution is 2.18. The van der Waals surface area contributed by atoms with Gasteiger partial charge in [-0.05, 0) is 17.7 Å². The number of aromatic nitrogens is 2. The number of hydrogen-bond acceptors (Lipinski definition) is 4. The summed E-state index contributed by atoms with van der Waals surface area (Å²) in [5, 5.41) is 9.48. The fraction of sp³-hybridized carbons (Fsp3) is 0.250. The van der Waals surface area contributed by atoms with Crippen LogP contribution in [-0.4, -0.2) is 23.1 Å². The predicted molar refractivity (Wildman–Crippen MR) is 71.5 cm³/mol. The molecular weight excluding hydrogens is 288 g/mol. The number of imidazole rings is 1. The second-order valence-electron chi connectivity index (χ2n) is 4.14. The molecule has 0 unspecified atom stereocenters. The van der Waals surface area contributed by atoms with E-state index in [0.717, 1.165) is 0 Å². The van der Waals surface area contributed by atoms with Gasteiger partial charge in [0.05, 0.1) is 24.3 Å². The van der Waals surface area contributed by atoms with Crippen molar-refractivity contribution in [3.63, 3.8) is 0 Å². The molecule has 0 atom stereocenters. The summed E-state index contributed by atoms with van der Waals surface area (Å²) in [6, 6.07) is 6.68. The zero-order chi connectivity index (χ0) is 14.0. The van der Waals surface area contributed by atoms with E-state index in [1.165, 1.54) is 10.8 Å². The average Bonchev–Trinajstić information content (AvgIpc) is 2.70. The van der Waals surface area contributed by atoms with E-state index >= 15 is 0 Å². The molecule has 7 heteroatoms. The maximum absolute atomic E-state index is 12.3. The van der Waals surface area contributed by atoms with Crippen molar-refractivity contribution in [1.82, 2.24) is 9.55 Å². The number of hydrogen-bond donors (Lipinski definition) is 1. The molecule has 1 heterocycles. The molecule has 2 rings (SSSR count). The zero-order valence-electron chi connectivity index (χ0n) is 10.2. The molecule has 1 N–H and O–H groups in total. The van der Waals surface area contributed by atoms with Crippen LogP contribution < -0.4 is 0 Å². The van der Waals surface area contributed by atoms with E-state index < -0.39 is 9.84 Å². The van der Waals surface area contributed by atoms with Gasteiger partial charge in [-0.3, -0.25) is 0 Å². The van der Waals surface area contributed by atoms with Gasteiger partial charge in [-0.1, -0.05) is 23.7 Å². The quantitative estimate of drug-likeness (QED) is 0.929. The second kappa shape index (κ2) is 5.32. The van der Waals surface area contributed by atoms with Gasteiger partial charge in [-0.25, -0.2) is 13.4 Å². The van der Waals surface area contributed by atoms with E-state index in [2.05, 4.69) is 4.98 Å². The molecule has 0 aliphatic rings. The second-order valence-corrected chi connectivity index (χ2v) is 6.46. The Morgan fingerprint density at radius 3 is 2.74 bits per heavy atom. The third kappa shape index (κ3) is 2.97. The molecule has 0 amide bonds. The molecule has 1 aromatic carbocycles. The average molecular weight is 301 g/mol. The number of aliphatic hydroxyl groups is 1. The summed E-state index contributed by atoms with van der Waals surface area (Å²) >= 11 is 5.83. The molecule has 5 nitrogen and oxygen atoms in total. The van der Waals surface area contributed by atoms with Gasteiger partial charge in [0.15, 0.2) is 0 Å². The monoisotopic (exact) mass is 300 g/mol. The van der Waals surface area contributed by atoms with Crippen LogP contribution in [-0.2, 0) is 29.2 Å². The number of benzene rings is 1. The van der Waals surface area contributed by atoms with Gasteiger partial charge in [0.1, 0.15) is 0 Å². The fourth-order valence-corrected chi connectivity index (χ4v) is 3.48. The van der Waals surface area contributed by atoms with E-state index in [1.54, 1.807) is 31.3 Å². The normalized spacial score (nSPS) is 11.7. The highest BCUT2D eigenvalue weighted by Gasteiger charge is 2.22. The first-order valence-corrected chi connectivity index (χ1v) is 7.55. The summed E-state index contributed by atoms with van der Waals surface area (Å²) in [6.45, 7) is -0.254. The minimum Gasteiger partial charge on any atom is -0.390 e. The minimum atomic E-state index is -3.57. The van der Waals surface area contributed by atoms with E-state index in [-0.39, 0.29) is 17.5 Å². The Balaban J connectivity index is 2.35. The Bertz CT molecular complexity index is 695. The maximum atomic E-state index is 12.3. The number of rotatable bonds is 4. The van der Waals surface area contributed by atoms with Crippen molar-refractivity contribution in [2.75, 3.05) is 0 Å². The Labute approximate surface area is 116 Å². The molecule has 1 aromatic heterocycles. The van der Waals surface area contributed by atoms with Crippen LogP contribution in [0, 0.1) is 0 Å². The number of nitrogens with zero attached hydrogens (tertiary/aromatic N) is 2. The lowest BCUT2D eigenvalue weighted by Crippen LogP contribution is -2.12. The third-order valence-electron chi connectivity index (χ3n) is 2.73. The number of halogens is 1. The van der Waals surface area contributed by atoms with Gasteiger partial charge in [0.25, 0.3) is 0 Å². The highest BCUT2D eigenvalue weighted by atomic mass is 35.5. The van der Waals surface area contributed by atoms with Crippen LogP contribution in [0.1, 0.15) is 11.3 Å². The lowest BCUT2D eigenvalue weighted by atomic mass is 10.2. The highest BCUT2D eigenvalue weighted by molar-refractivity contribution is 7.90. The Hall–Kier alpha value is -1.37. The molecule has 19 heavy (non-hydrogen) atoms. The summed E-state index contributed by atoms with van der Waals surface area (Å²) in [5.74, 6) is -0.177. The van der Waals surface area contributed by atoms with E-state index in [4.69, 9.17) is 16.7 Å². The Kier molecular flexibility index (Phi) is 3.93. The van der Waals surface area contributed by atoms with Crippen molar-refractivity contribution < 1.29 is 13.5 Å². The smallest absolute Gasteiger partial charge is 0.227 e. The molecule has 0 aliphatic heterocycles. The van der Waals surface area contributed by atoms with Crippen molar-refractivity contribution in [1.29, 1.82) is 0 Å². The topological polar surface area (TPSA) is 72.2 Å². The number of aliphatic hydroxyl groups excluding tert-OH is 1. The van der Waals surface area contributed by atoms with Gasteiger partial charge in [-0.15, -0.1) is 0 Å². The van der Waals surface area contributed by atoms with Gasteiger partial charge in [0.2, 0.25) is 15.0 Å². The minimum absolute atomic E-state index is 0.0588. The van der Waals surface area contributed by atoms with E-state index in [9.17, 15) is 8.42 Å². The summed E-state index contributed by atoms with van der Waals surface area (Å²) in [7, 11) is -2.01. The number of sulfone groups is 1. The summed E-state index contributed by atoms with van der Waals surface area (Å²) in [5.41, 5.74) is 1.05. The van der Waals surface area contributed by atoms with Crippen LogP contribution in [0.2, 0.25) is 5.02 Å². The first kappa shape index (κ1) is 14.0. The summed E-state index contributed by atoms with van der Waals surface area (Å²) < 4.78 is 25.9.